The molecule has 12 heteroatoms. The van der Waals surface area contributed by atoms with Crippen LogP contribution in [0.2, 0.25) is 0 Å². The zero-order valence-corrected chi connectivity index (χ0v) is 16.4. The highest BCUT2D eigenvalue weighted by Crippen LogP contribution is 2.34. The van der Waals surface area contributed by atoms with Gasteiger partial charge in [-0.25, -0.2) is 15.0 Å². The van der Waals surface area contributed by atoms with Gasteiger partial charge in [0.25, 0.3) is 0 Å². The molecule has 0 atom stereocenters. The van der Waals surface area contributed by atoms with Crippen molar-refractivity contribution in [2.45, 2.75) is 25.7 Å². The van der Waals surface area contributed by atoms with Crippen LogP contribution in [0.5, 0.6) is 0 Å². The van der Waals surface area contributed by atoms with E-state index in [0.717, 1.165) is 23.9 Å². The maximum absolute atomic E-state index is 13.6. The second-order valence-corrected chi connectivity index (χ2v) is 6.96. The van der Waals surface area contributed by atoms with Crippen LogP contribution in [0.15, 0.2) is 48.1 Å². The standard InChI is InChI=1S/C20H14F6N6/c1-11-4-7-32(8-5-11)9-6-14-28-16(20(24,25)26)15-18(29-14)31-17(30-15)12-2-3-13(27-10-12)19(21,22)23/h2-4,7-8,10H,6,9H2,1H3,(H,28,29,30,31). The van der Waals surface area contributed by atoms with Crippen molar-refractivity contribution < 1.29 is 26.3 Å². The minimum Gasteiger partial charge on any atom is -0.347 e. The molecule has 0 spiro atoms. The molecule has 0 aromatic carbocycles. The second kappa shape index (κ2) is 7.79. The first-order valence-corrected chi connectivity index (χ1v) is 9.25. The third-order valence-electron chi connectivity index (χ3n) is 4.56. The summed E-state index contributed by atoms with van der Waals surface area (Å²) in [6.07, 6.45) is -3.20. The monoisotopic (exact) mass is 452 g/mol. The molecule has 6 nitrogen and oxygen atoms in total. The molecule has 3 aromatic rings. The Bertz CT molecular complexity index is 1250. The van der Waals surface area contributed by atoms with Gasteiger partial charge in [0, 0.05) is 37.1 Å². The fraction of sp³-hybridized carbons (Fsp3) is 0.250. The molecular formula is C20H14F6N6. The van der Waals surface area contributed by atoms with Gasteiger partial charge in [-0.2, -0.15) is 26.3 Å². The molecule has 0 unspecified atom stereocenters. The zero-order chi connectivity index (χ0) is 23.1. The molecule has 1 N–H and O–H groups in total. The molecule has 0 saturated heterocycles. The zero-order valence-electron chi connectivity index (χ0n) is 16.4. The van der Waals surface area contributed by atoms with Gasteiger partial charge in [0.05, 0.1) is 0 Å². The molecule has 4 rings (SSSR count). The van der Waals surface area contributed by atoms with Crippen molar-refractivity contribution in [1.82, 2.24) is 29.8 Å². The number of aromatic amines is 1. The second-order valence-electron chi connectivity index (χ2n) is 6.96. The van der Waals surface area contributed by atoms with E-state index in [1.165, 1.54) is 0 Å². The summed E-state index contributed by atoms with van der Waals surface area (Å²) < 4.78 is 78.9. The number of allylic oxidation sites excluding steroid dienone is 2. The number of aromatic nitrogens is 5. The summed E-state index contributed by atoms with van der Waals surface area (Å²) in [6.45, 7) is 2.18. The van der Waals surface area contributed by atoms with E-state index in [-0.39, 0.29) is 29.3 Å². The van der Waals surface area contributed by atoms with Gasteiger partial charge in [0.1, 0.15) is 22.9 Å². The van der Waals surface area contributed by atoms with E-state index < -0.39 is 29.3 Å². The molecule has 0 amide bonds. The molecule has 3 aromatic heterocycles. The van der Waals surface area contributed by atoms with Crippen LogP contribution >= 0.6 is 0 Å². The molecule has 32 heavy (non-hydrogen) atoms. The van der Waals surface area contributed by atoms with E-state index in [9.17, 15) is 26.3 Å². The van der Waals surface area contributed by atoms with Crippen molar-refractivity contribution in [1.29, 1.82) is 0 Å². The number of hydrogen-bond acceptors (Lipinski definition) is 5. The summed E-state index contributed by atoms with van der Waals surface area (Å²) in [4.78, 5) is 19.3. The van der Waals surface area contributed by atoms with Crippen LogP contribution < -0.4 is 0 Å². The fourth-order valence-electron chi connectivity index (χ4n) is 2.95. The van der Waals surface area contributed by atoms with Crippen molar-refractivity contribution in [3.05, 3.63) is 65.3 Å². The Balaban J connectivity index is 1.68. The summed E-state index contributed by atoms with van der Waals surface area (Å²) in [6, 6.07) is 1.79. The van der Waals surface area contributed by atoms with E-state index in [2.05, 4.69) is 30.7 Å². The molecule has 4 heterocycles. The topological polar surface area (TPSA) is 70.6 Å². The molecular weight excluding hydrogens is 438 g/mol. The minimum absolute atomic E-state index is 0.0681. The van der Waals surface area contributed by atoms with Gasteiger partial charge >= 0.3 is 12.4 Å². The SMILES string of the molecule is CC1=C=CN(CCc2nc(C(F)(F)F)c3[nH]c(-c4ccc(C(F)(F)F)nc4)nc3n2)C=C1. The summed E-state index contributed by atoms with van der Waals surface area (Å²) in [5.41, 5.74) is 0.970. The van der Waals surface area contributed by atoms with Crippen LogP contribution in [-0.2, 0) is 18.8 Å². The van der Waals surface area contributed by atoms with Gasteiger partial charge in [0.2, 0.25) is 0 Å². The highest BCUT2D eigenvalue weighted by Gasteiger charge is 2.37. The van der Waals surface area contributed by atoms with Gasteiger partial charge in [-0.05, 0) is 30.7 Å². The summed E-state index contributed by atoms with van der Waals surface area (Å²) >= 11 is 0. The number of H-pyrrole nitrogens is 1. The van der Waals surface area contributed by atoms with Crippen LogP contribution in [0.25, 0.3) is 22.6 Å². The van der Waals surface area contributed by atoms with Crippen molar-refractivity contribution in [2.75, 3.05) is 6.54 Å². The van der Waals surface area contributed by atoms with Crippen LogP contribution in [-0.4, -0.2) is 36.4 Å². The molecule has 1 aliphatic rings. The van der Waals surface area contributed by atoms with Crippen LogP contribution in [0.3, 0.4) is 0 Å². The number of halogens is 6. The van der Waals surface area contributed by atoms with Crippen molar-refractivity contribution in [3.8, 4) is 11.4 Å². The quantitative estimate of drug-likeness (QED) is 0.451. The molecule has 0 aliphatic carbocycles. The predicted molar refractivity (Wildman–Crippen MR) is 102 cm³/mol. The third kappa shape index (κ3) is 4.50. The lowest BCUT2D eigenvalue weighted by Gasteiger charge is -2.16. The highest BCUT2D eigenvalue weighted by atomic mass is 19.4. The van der Waals surface area contributed by atoms with E-state index in [1.807, 2.05) is 13.0 Å². The maximum Gasteiger partial charge on any atom is 0.435 e. The van der Waals surface area contributed by atoms with Gasteiger partial charge in [0.15, 0.2) is 11.3 Å². The smallest absolute Gasteiger partial charge is 0.347 e. The molecule has 0 radical (unpaired) electrons. The van der Waals surface area contributed by atoms with E-state index in [0.29, 0.717) is 6.54 Å². The Kier molecular flexibility index (Phi) is 5.25. The first-order chi connectivity index (χ1) is 15.0. The van der Waals surface area contributed by atoms with Crippen LogP contribution in [0.1, 0.15) is 24.1 Å². The Labute approximate surface area is 177 Å². The van der Waals surface area contributed by atoms with E-state index in [1.54, 1.807) is 17.3 Å². The molecule has 0 saturated carbocycles. The van der Waals surface area contributed by atoms with Gasteiger partial charge in [-0.3, -0.25) is 4.98 Å². The first-order valence-electron chi connectivity index (χ1n) is 9.25. The number of rotatable bonds is 4. The van der Waals surface area contributed by atoms with Crippen molar-refractivity contribution in [2.24, 2.45) is 0 Å². The Morgan fingerprint density at radius 3 is 2.41 bits per heavy atom. The number of pyridine rings is 1. The normalized spacial score (nSPS) is 14.3. The average Bonchev–Trinajstić information content (AvgIpc) is 3.15. The van der Waals surface area contributed by atoms with Crippen LogP contribution in [0.4, 0.5) is 26.3 Å². The van der Waals surface area contributed by atoms with Crippen molar-refractivity contribution in [3.63, 3.8) is 0 Å². The largest absolute Gasteiger partial charge is 0.435 e. The van der Waals surface area contributed by atoms with E-state index >= 15 is 0 Å². The number of fused-ring (bicyclic) bond motifs is 1. The molecule has 0 bridgehead atoms. The van der Waals surface area contributed by atoms with Gasteiger partial charge < -0.3 is 9.88 Å². The summed E-state index contributed by atoms with van der Waals surface area (Å²) in [7, 11) is 0. The predicted octanol–water partition coefficient (Wildman–Crippen LogP) is 4.88. The van der Waals surface area contributed by atoms with Gasteiger partial charge in [-0.15, -0.1) is 0 Å². The number of alkyl halides is 6. The molecule has 0 fully saturated rings. The average molecular weight is 452 g/mol. The fourth-order valence-corrected chi connectivity index (χ4v) is 2.95. The lowest BCUT2D eigenvalue weighted by Crippen LogP contribution is -2.18. The first kappa shape index (κ1) is 21.6. The number of nitrogens with one attached hydrogen (secondary N) is 1. The Morgan fingerprint density at radius 1 is 1.03 bits per heavy atom. The van der Waals surface area contributed by atoms with Crippen molar-refractivity contribution >= 4 is 11.2 Å². The summed E-state index contributed by atoms with van der Waals surface area (Å²) in [5.74, 6) is -0.165. The molecule has 166 valence electrons. The summed E-state index contributed by atoms with van der Waals surface area (Å²) in [5, 5.41) is 0. The lowest BCUT2D eigenvalue weighted by atomic mass is 10.2. The lowest BCUT2D eigenvalue weighted by molar-refractivity contribution is -0.141. The minimum atomic E-state index is -4.79. The Hall–Kier alpha value is -3.66. The number of nitrogens with zero attached hydrogens (tertiary/aromatic N) is 5. The van der Waals surface area contributed by atoms with Crippen LogP contribution in [0, 0.1) is 0 Å². The van der Waals surface area contributed by atoms with Gasteiger partial charge in [-0.1, -0.05) is 5.73 Å². The third-order valence-corrected chi connectivity index (χ3v) is 4.56. The maximum atomic E-state index is 13.6. The number of hydrogen-bond donors (Lipinski definition) is 1. The molecule has 1 aliphatic heterocycles. The number of imidazole rings is 1. The van der Waals surface area contributed by atoms with E-state index in [4.69, 9.17) is 0 Å². The highest BCUT2D eigenvalue weighted by molar-refractivity contribution is 5.78. The Morgan fingerprint density at radius 2 is 1.81 bits per heavy atom.